The van der Waals surface area contributed by atoms with E-state index in [1.54, 1.807) is 6.92 Å². The summed E-state index contributed by atoms with van der Waals surface area (Å²) in [6.07, 6.45) is -1.99. The number of piperidine rings is 1. The number of nitrogens with zero attached hydrogens (tertiary/aromatic N) is 1. The van der Waals surface area contributed by atoms with E-state index in [1.165, 1.54) is 0 Å². The molecule has 2 unspecified atom stereocenters. The largest absolute Gasteiger partial charge is 0.416 e. The molecule has 2 rings (SSSR count). The number of aliphatic hydroxyl groups is 1. The first-order valence-electron chi connectivity index (χ1n) is 5.80. The molecule has 0 spiro atoms. The third-order valence-electron chi connectivity index (χ3n) is 3.54. The number of aromatic nitrogens is 1. The Balaban J connectivity index is 2.50. The number of rotatable bonds is 1. The molecule has 1 aromatic rings. The normalized spacial score (nSPS) is 29.3. The van der Waals surface area contributed by atoms with Gasteiger partial charge in [0.15, 0.2) is 0 Å². The summed E-state index contributed by atoms with van der Waals surface area (Å²) in [5, 5.41) is 13.6. The van der Waals surface area contributed by atoms with Crippen molar-refractivity contribution in [1.82, 2.24) is 10.3 Å². The molecule has 1 aliphatic rings. The van der Waals surface area contributed by atoms with E-state index in [0.717, 1.165) is 18.5 Å². The number of pyridine rings is 1. The smallest absolute Gasteiger partial charge is 0.385 e. The van der Waals surface area contributed by atoms with Gasteiger partial charge in [0.2, 0.25) is 0 Å². The van der Waals surface area contributed by atoms with Crippen LogP contribution in [0.2, 0.25) is 0 Å². The van der Waals surface area contributed by atoms with Gasteiger partial charge in [0.25, 0.3) is 0 Å². The van der Waals surface area contributed by atoms with E-state index in [2.05, 4.69) is 10.3 Å². The van der Waals surface area contributed by atoms with Gasteiger partial charge in [0.05, 0.1) is 11.2 Å². The maximum absolute atomic E-state index is 12.9. The molecule has 0 aliphatic carbocycles. The van der Waals surface area contributed by atoms with Gasteiger partial charge in [-0.25, -0.2) is 0 Å². The lowest BCUT2D eigenvalue weighted by Gasteiger charge is -2.39. The monoisotopic (exact) mass is 260 g/mol. The Morgan fingerprint density at radius 2 is 2.22 bits per heavy atom. The maximum atomic E-state index is 12.9. The molecule has 18 heavy (non-hydrogen) atoms. The molecule has 1 saturated heterocycles. The Morgan fingerprint density at radius 1 is 1.50 bits per heavy atom. The van der Waals surface area contributed by atoms with E-state index in [9.17, 15) is 18.3 Å². The average Bonchev–Trinajstić information content (AvgIpc) is 2.32. The van der Waals surface area contributed by atoms with Gasteiger partial charge in [-0.1, -0.05) is 6.92 Å². The van der Waals surface area contributed by atoms with E-state index in [1.807, 2.05) is 0 Å². The van der Waals surface area contributed by atoms with Crippen LogP contribution in [0.15, 0.2) is 18.5 Å². The first-order chi connectivity index (χ1) is 8.36. The van der Waals surface area contributed by atoms with Crippen molar-refractivity contribution in [1.29, 1.82) is 0 Å². The number of alkyl halides is 3. The van der Waals surface area contributed by atoms with E-state index < -0.39 is 17.3 Å². The van der Waals surface area contributed by atoms with Crippen molar-refractivity contribution in [2.75, 3.05) is 13.1 Å². The molecule has 1 fully saturated rings. The summed E-state index contributed by atoms with van der Waals surface area (Å²) in [4.78, 5) is 3.73. The van der Waals surface area contributed by atoms with Crippen molar-refractivity contribution in [3.8, 4) is 0 Å². The summed E-state index contributed by atoms with van der Waals surface area (Å²) >= 11 is 0. The number of halogens is 3. The number of nitrogens with one attached hydrogen (secondary N) is 1. The third kappa shape index (κ3) is 2.22. The summed E-state index contributed by atoms with van der Waals surface area (Å²) in [6.45, 7) is 2.72. The topological polar surface area (TPSA) is 45.1 Å². The van der Waals surface area contributed by atoms with Crippen LogP contribution in [0.4, 0.5) is 13.2 Å². The van der Waals surface area contributed by atoms with Gasteiger partial charge in [0, 0.05) is 30.4 Å². The van der Waals surface area contributed by atoms with Crippen LogP contribution in [0.3, 0.4) is 0 Å². The Labute approximate surface area is 103 Å². The van der Waals surface area contributed by atoms with Gasteiger partial charge in [-0.15, -0.1) is 0 Å². The van der Waals surface area contributed by atoms with E-state index in [-0.39, 0.29) is 17.9 Å². The van der Waals surface area contributed by atoms with Gasteiger partial charge in [-0.3, -0.25) is 4.98 Å². The van der Waals surface area contributed by atoms with Crippen LogP contribution in [0.25, 0.3) is 0 Å². The van der Waals surface area contributed by atoms with Crippen molar-refractivity contribution in [2.45, 2.75) is 25.1 Å². The zero-order valence-electron chi connectivity index (χ0n) is 9.96. The minimum absolute atomic E-state index is 0.119. The van der Waals surface area contributed by atoms with Crippen LogP contribution >= 0.6 is 0 Å². The lowest BCUT2D eigenvalue weighted by atomic mass is 9.76. The van der Waals surface area contributed by atoms with Gasteiger partial charge >= 0.3 is 6.18 Å². The molecule has 1 aromatic heterocycles. The molecular weight excluding hydrogens is 245 g/mol. The van der Waals surface area contributed by atoms with Crippen molar-refractivity contribution >= 4 is 0 Å². The van der Waals surface area contributed by atoms with Gasteiger partial charge in [0.1, 0.15) is 0 Å². The highest BCUT2D eigenvalue weighted by molar-refractivity contribution is 5.33. The minimum Gasteiger partial charge on any atom is -0.385 e. The number of hydrogen-bond acceptors (Lipinski definition) is 3. The zero-order chi connectivity index (χ0) is 13.4. The second kappa shape index (κ2) is 4.51. The molecule has 2 atom stereocenters. The van der Waals surface area contributed by atoms with Crippen LogP contribution in [0.1, 0.15) is 24.5 Å². The Hall–Kier alpha value is -1.14. The fourth-order valence-corrected chi connectivity index (χ4v) is 2.40. The molecule has 2 heterocycles. The van der Waals surface area contributed by atoms with Crippen molar-refractivity contribution in [2.24, 2.45) is 5.92 Å². The fourth-order valence-electron chi connectivity index (χ4n) is 2.40. The Bertz CT molecular complexity index is 436. The SMILES string of the molecule is CC1CNCCC1(O)c1cnccc1C(F)(F)F. The molecular formula is C12H15F3N2O. The lowest BCUT2D eigenvalue weighted by molar-refractivity contribution is -0.142. The van der Waals surface area contributed by atoms with Crippen LogP contribution in [-0.2, 0) is 11.8 Å². The maximum Gasteiger partial charge on any atom is 0.416 e. The third-order valence-corrected chi connectivity index (χ3v) is 3.54. The highest BCUT2D eigenvalue weighted by Crippen LogP contribution is 2.41. The van der Waals surface area contributed by atoms with Crippen LogP contribution in [0, 0.1) is 5.92 Å². The molecule has 1 aliphatic heterocycles. The second-order valence-electron chi connectivity index (χ2n) is 4.70. The highest BCUT2D eigenvalue weighted by atomic mass is 19.4. The molecule has 0 aromatic carbocycles. The molecule has 3 nitrogen and oxygen atoms in total. The van der Waals surface area contributed by atoms with Crippen LogP contribution in [0.5, 0.6) is 0 Å². The predicted molar refractivity (Wildman–Crippen MR) is 59.8 cm³/mol. The zero-order valence-corrected chi connectivity index (χ0v) is 9.96. The summed E-state index contributed by atoms with van der Waals surface area (Å²) in [7, 11) is 0. The molecule has 0 bridgehead atoms. The lowest BCUT2D eigenvalue weighted by Crippen LogP contribution is -2.47. The first kappa shape index (κ1) is 13.3. The highest BCUT2D eigenvalue weighted by Gasteiger charge is 2.44. The average molecular weight is 260 g/mol. The Kier molecular flexibility index (Phi) is 3.33. The van der Waals surface area contributed by atoms with E-state index >= 15 is 0 Å². The number of hydrogen-bond donors (Lipinski definition) is 2. The van der Waals surface area contributed by atoms with Crippen LogP contribution in [-0.4, -0.2) is 23.2 Å². The van der Waals surface area contributed by atoms with Gasteiger partial charge in [-0.05, 0) is 19.0 Å². The standard InChI is InChI=1S/C12H15F3N2O/c1-8-6-17-5-3-11(8,18)10-7-16-4-2-9(10)12(13,14)15/h2,4,7-8,17-18H,3,5-6H2,1H3. The first-order valence-corrected chi connectivity index (χ1v) is 5.80. The molecule has 100 valence electrons. The summed E-state index contributed by atoms with van der Waals surface area (Å²) in [6, 6.07) is 0.919. The summed E-state index contributed by atoms with van der Waals surface area (Å²) in [5.74, 6) is -0.295. The van der Waals surface area contributed by atoms with Gasteiger partial charge < -0.3 is 10.4 Å². The van der Waals surface area contributed by atoms with Crippen molar-refractivity contribution < 1.29 is 18.3 Å². The van der Waals surface area contributed by atoms with E-state index in [0.29, 0.717) is 13.1 Å². The Morgan fingerprint density at radius 3 is 2.83 bits per heavy atom. The predicted octanol–water partition coefficient (Wildman–Crippen LogP) is 1.92. The van der Waals surface area contributed by atoms with Crippen LogP contribution < -0.4 is 5.32 Å². The molecule has 0 saturated carbocycles. The molecule has 0 radical (unpaired) electrons. The molecule has 2 N–H and O–H groups in total. The minimum atomic E-state index is -4.47. The summed E-state index contributed by atoms with van der Waals surface area (Å²) in [5.41, 5.74) is -2.38. The van der Waals surface area contributed by atoms with Gasteiger partial charge in [-0.2, -0.15) is 13.2 Å². The second-order valence-corrected chi connectivity index (χ2v) is 4.70. The quantitative estimate of drug-likeness (QED) is 0.811. The van der Waals surface area contributed by atoms with E-state index in [4.69, 9.17) is 0 Å². The fraction of sp³-hybridized carbons (Fsp3) is 0.583. The van der Waals surface area contributed by atoms with Crippen molar-refractivity contribution in [3.05, 3.63) is 29.6 Å². The van der Waals surface area contributed by atoms with Crippen molar-refractivity contribution in [3.63, 3.8) is 0 Å². The molecule has 0 amide bonds. The molecule has 6 heteroatoms. The summed E-state index contributed by atoms with van der Waals surface area (Å²) < 4.78 is 38.8.